The van der Waals surface area contributed by atoms with E-state index in [9.17, 15) is 0 Å². The molecule has 3 heteroatoms. The zero-order chi connectivity index (χ0) is 9.26. The predicted octanol–water partition coefficient (Wildman–Crippen LogP) is 2.17. The average molecular weight is 197 g/mol. The fourth-order valence-corrected chi connectivity index (χ4v) is 1.46. The van der Waals surface area contributed by atoms with Gasteiger partial charge in [0.2, 0.25) is 0 Å². The number of anilines is 1. The van der Waals surface area contributed by atoms with E-state index in [1.807, 2.05) is 18.2 Å². The molecule has 0 saturated heterocycles. The number of halogens is 1. The first-order valence-corrected chi connectivity index (χ1v) is 4.91. The molecule has 3 N–H and O–H groups in total. The van der Waals surface area contributed by atoms with E-state index in [0.29, 0.717) is 6.04 Å². The van der Waals surface area contributed by atoms with Crippen molar-refractivity contribution in [1.29, 1.82) is 0 Å². The van der Waals surface area contributed by atoms with Crippen molar-refractivity contribution in [3.8, 4) is 0 Å². The largest absolute Gasteiger partial charge is 0.399 e. The van der Waals surface area contributed by atoms with Gasteiger partial charge in [-0.2, -0.15) is 0 Å². The third-order valence-corrected chi connectivity index (χ3v) is 2.60. The van der Waals surface area contributed by atoms with E-state index >= 15 is 0 Å². The van der Waals surface area contributed by atoms with Crippen molar-refractivity contribution < 1.29 is 0 Å². The minimum atomic E-state index is 0.706. The second-order valence-electron chi connectivity index (χ2n) is 3.51. The maximum Gasteiger partial charge on any atom is 0.0452 e. The molecule has 0 atom stereocenters. The van der Waals surface area contributed by atoms with Gasteiger partial charge < -0.3 is 11.1 Å². The van der Waals surface area contributed by atoms with Crippen LogP contribution in [0.15, 0.2) is 18.2 Å². The molecule has 0 amide bonds. The Hall–Kier alpha value is -0.730. The van der Waals surface area contributed by atoms with Crippen LogP contribution < -0.4 is 11.1 Å². The van der Waals surface area contributed by atoms with Crippen molar-refractivity contribution in [3.05, 3.63) is 28.8 Å². The zero-order valence-corrected chi connectivity index (χ0v) is 8.14. The maximum atomic E-state index is 6.00. The van der Waals surface area contributed by atoms with Gasteiger partial charge in [0.25, 0.3) is 0 Å². The van der Waals surface area contributed by atoms with Crippen LogP contribution in [0.25, 0.3) is 0 Å². The van der Waals surface area contributed by atoms with Crippen molar-refractivity contribution in [2.24, 2.45) is 0 Å². The topological polar surface area (TPSA) is 38.0 Å². The molecule has 1 aliphatic carbocycles. The van der Waals surface area contributed by atoms with E-state index in [0.717, 1.165) is 22.8 Å². The van der Waals surface area contributed by atoms with Crippen molar-refractivity contribution in [2.75, 3.05) is 5.73 Å². The summed E-state index contributed by atoms with van der Waals surface area (Å²) >= 11 is 6.00. The minimum Gasteiger partial charge on any atom is -0.399 e. The van der Waals surface area contributed by atoms with E-state index in [-0.39, 0.29) is 0 Å². The first-order chi connectivity index (χ1) is 6.25. The van der Waals surface area contributed by atoms with Gasteiger partial charge >= 0.3 is 0 Å². The smallest absolute Gasteiger partial charge is 0.0452 e. The summed E-state index contributed by atoms with van der Waals surface area (Å²) < 4.78 is 0. The third kappa shape index (κ3) is 2.36. The number of nitrogens with two attached hydrogens (primary N) is 1. The lowest BCUT2D eigenvalue weighted by molar-refractivity contribution is 0.688. The number of hydrogen-bond acceptors (Lipinski definition) is 2. The van der Waals surface area contributed by atoms with Gasteiger partial charge in [-0.05, 0) is 36.6 Å². The maximum absolute atomic E-state index is 6.00. The highest BCUT2D eigenvalue weighted by molar-refractivity contribution is 6.31. The first kappa shape index (κ1) is 8.85. The molecule has 2 rings (SSSR count). The van der Waals surface area contributed by atoms with Crippen molar-refractivity contribution in [2.45, 2.75) is 25.4 Å². The fourth-order valence-electron chi connectivity index (χ4n) is 1.27. The Morgan fingerprint density at radius 2 is 2.23 bits per heavy atom. The van der Waals surface area contributed by atoms with E-state index in [1.165, 1.54) is 12.8 Å². The van der Waals surface area contributed by atoms with Crippen LogP contribution in [0.2, 0.25) is 5.02 Å². The van der Waals surface area contributed by atoms with Crippen molar-refractivity contribution in [1.82, 2.24) is 5.32 Å². The quantitative estimate of drug-likeness (QED) is 0.728. The van der Waals surface area contributed by atoms with Gasteiger partial charge in [0, 0.05) is 23.3 Å². The molecular formula is C10H13ClN2. The predicted molar refractivity (Wildman–Crippen MR) is 55.7 cm³/mol. The number of nitrogens with one attached hydrogen (secondary N) is 1. The normalized spacial score (nSPS) is 16.1. The first-order valence-electron chi connectivity index (χ1n) is 4.53. The summed E-state index contributed by atoms with van der Waals surface area (Å²) in [5.41, 5.74) is 7.53. The summed E-state index contributed by atoms with van der Waals surface area (Å²) in [5.74, 6) is 0. The van der Waals surface area contributed by atoms with Crippen LogP contribution in [-0.2, 0) is 6.54 Å². The number of hydrogen-bond donors (Lipinski definition) is 2. The molecule has 0 bridgehead atoms. The Labute approximate surface area is 83.1 Å². The molecule has 2 nitrogen and oxygen atoms in total. The van der Waals surface area contributed by atoms with Gasteiger partial charge in [-0.3, -0.25) is 0 Å². The fraction of sp³-hybridized carbons (Fsp3) is 0.400. The molecule has 1 saturated carbocycles. The molecule has 0 aromatic heterocycles. The highest BCUT2D eigenvalue weighted by Gasteiger charge is 2.20. The van der Waals surface area contributed by atoms with Gasteiger partial charge in [-0.25, -0.2) is 0 Å². The molecule has 0 spiro atoms. The van der Waals surface area contributed by atoms with Crippen LogP contribution in [0.4, 0.5) is 5.69 Å². The molecule has 1 fully saturated rings. The summed E-state index contributed by atoms with van der Waals surface area (Å²) in [7, 11) is 0. The summed E-state index contributed by atoms with van der Waals surface area (Å²) in [6, 6.07) is 6.30. The highest BCUT2D eigenvalue weighted by Crippen LogP contribution is 2.22. The molecule has 1 aliphatic rings. The lowest BCUT2D eigenvalue weighted by Gasteiger charge is -2.06. The number of benzene rings is 1. The average Bonchev–Trinajstić information content (AvgIpc) is 2.90. The molecule has 70 valence electrons. The van der Waals surface area contributed by atoms with Crippen LogP contribution in [0, 0.1) is 0 Å². The zero-order valence-electron chi connectivity index (χ0n) is 7.39. The van der Waals surface area contributed by atoms with Crippen molar-refractivity contribution in [3.63, 3.8) is 0 Å². The standard InChI is InChI=1S/C10H13ClN2/c11-10-4-1-8(12)5-7(10)6-13-9-2-3-9/h1,4-5,9,13H,2-3,6,12H2. The van der Waals surface area contributed by atoms with Gasteiger partial charge in [0.15, 0.2) is 0 Å². The summed E-state index contributed by atoms with van der Waals surface area (Å²) in [5, 5.41) is 4.19. The summed E-state index contributed by atoms with van der Waals surface area (Å²) in [6.07, 6.45) is 2.58. The molecular weight excluding hydrogens is 184 g/mol. The summed E-state index contributed by atoms with van der Waals surface area (Å²) in [4.78, 5) is 0. The molecule has 0 unspecified atom stereocenters. The third-order valence-electron chi connectivity index (χ3n) is 2.23. The van der Waals surface area contributed by atoms with E-state index in [4.69, 9.17) is 17.3 Å². The minimum absolute atomic E-state index is 0.706. The highest BCUT2D eigenvalue weighted by atomic mass is 35.5. The Morgan fingerprint density at radius 1 is 1.46 bits per heavy atom. The van der Waals surface area contributed by atoms with Gasteiger partial charge in [-0.15, -0.1) is 0 Å². The number of rotatable bonds is 3. The molecule has 0 aliphatic heterocycles. The Bertz CT molecular complexity index is 308. The molecule has 1 aromatic carbocycles. The Morgan fingerprint density at radius 3 is 2.92 bits per heavy atom. The van der Waals surface area contributed by atoms with Crippen LogP contribution in [0.3, 0.4) is 0 Å². The molecule has 0 radical (unpaired) electrons. The van der Waals surface area contributed by atoms with Crippen LogP contribution in [0.1, 0.15) is 18.4 Å². The Kier molecular flexibility index (Phi) is 2.42. The SMILES string of the molecule is Nc1ccc(Cl)c(CNC2CC2)c1. The van der Waals surface area contributed by atoms with Crippen LogP contribution in [0.5, 0.6) is 0 Å². The molecule has 13 heavy (non-hydrogen) atoms. The van der Waals surface area contributed by atoms with Crippen LogP contribution in [-0.4, -0.2) is 6.04 Å². The lowest BCUT2D eigenvalue weighted by atomic mass is 10.2. The van der Waals surface area contributed by atoms with Gasteiger partial charge in [0.05, 0.1) is 0 Å². The molecule has 0 heterocycles. The van der Waals surface area contributed by atoms with E-state index in [2.05, 4.69) is 5.32 Å². The molecule has 1 aromatic rings. The van der Waals surface area contributed by atoms with E-state index < -0.39 is 0 Å². The number of nitrogen functional groups attached to an aromatic ring is 1. The lowest BCUT2D eigenvalue weighted by Crippen LogP contribution is -2.15. The van der Waals surface area contributed by atoms with Crippen molar-refractivity contribution >= 4 is 17.3 Å². The van der Waals surface area contributed by atoms with Crippen LogP contribution >= 0.6 is 11.6 Å². The van der Waals surface area contributed by atoms with E-state index in [1.54, 1.807) is 0 Å². The second kappa shape index (κ2) is 3.56. The monoisotopic (exact) mass is 196 g/mol. The Balaban J connectivity index is 2.03. The second-order valence-corrected chi connectivity index (χ2v) is 3.91. The van der Waals surface area contributed by atoms with Gasteiger partial charge in [0.1, 0.15) is 0 Å². The van der Waals surface area contributed by atoms with Gasteiger partial charge in [-0.1, -0.05) is 11.6 Å². The summed E-state index contributed by atoms with van der Waals surface area (Å²) in [6.45, 7) is 0.828.